The molecule has 2 amide bonds. The largest absolute Gasteiger partial charge is 0.366 e. The first-order chi connectivity index (χ1) is 12.0. The van der Waals surface area contributed by atoms with Gasteiger partial charge in [-0.25, -0.2) is 9.18 Å². The van der Waals surface area contributed by atoms with Crippen molar-refractivity contribution in [3.8, 4) is 0 Å². The Kier molecular flexibility index (Phi) is 4.78. The SMILES string of the molecule is O=C(Nc1cccc([N+](=O)[O-])c1)N1CCN(c2ccccc2F)CC1. The van der Waals surface area contributed by atoms with E-state index in [9.17, 15) is 19.3 Å². The van der Waals surface area contributed by atoms with Crippen LogP contribution in [0.2, 0.25) is 0 Å². The summed E-state index contributed by atoms with van der Waals surface area (Å²) in [5.74, 6) is -0.281. The number of nitrogens with zero attached hydrogens (tertiary/aromatic N) is 3. The number of nitrogens with one attached hydrogen (secondary N) is 1. The van der Waals surface area contributed by atoms with Gasteiger partial charge in [-0.05, 0) is 18.2 Å². The van der Waals surface area contributed by atoms with E-state index < -0.39 is 4.92 Å². The van der Waals surface area contributed by atoms with Crippen molar-refractivity contribution in [3.63, 3.8) is 0 Å². The Labute approximate surface area is 143 Å². The Morgan fingerprint density at radius 3 is 2.48 bits per heavy atom. The van der Waals surface area contributed by atoms with E-state index in [-0.39, 0.29) is 17.5 Å². The lowest BCUT2D eigenvalue weighted by Gasteiger charge is -2.36. The number of hydrogen-bond acceptors (Lipinski definition) is 4. The van der Waals surface area contributed by atoms with Crippen LogP contribution in [0.25, 0.3) is 0 Å². The molecule has 8 heteroatoms. The normalized spacial score (nSPS) is 14.3. The van der Waals surface area contributed by atoms with Crippen LogP contribution in [0, 0.1) is 15.9 Å². The van der Waals surface area contributed by atoms with E-state index >= 15 is 0 Å². The van der Waals surface area contributed by atoms with E-state index in [2.05, 4.69) is 5.32 Å². The zero-order valence-electron chi connectivity index (χ0n) is 13.4. The smallest absolute Gasteiger partial charge is 0.321 e. The van der Waals surface area contributed by atoms with Gasteiger partial charge >= 0.3 is 6.03 Å². The number of urea groups is 1. The zero-order valence-corrected chi connectivity index (χ0v) is 13.4. The quantitative estimate of drug-likeness (QED) is 0.685. The Hall–Kier alpha value is -3.16. The summed E-state index contributed by atoms with van der Waals surface area (Å²) in [6, 6.07) is 12.0. The topological polar surface area (TPSA) is 78.7 Å². The van der Waals surface area contributed by atoms with Crippen molar-refractivity contribution in [1.29, 1.82) is 0 Å². The van der Waals surface area contributed by atoms with Gasteiger partial charge in [0.25, 0.3) is 5.69 Å². The number of non-ortho nitro benzene ring substituents is 1. The summed E-state index contributed by atoms with van der Waals surface area (Å²) in [5, 5.41) is 13.4. The average molecular weight is 344 g/mol. The van der Waals surface area contributed by atoms with Gasteiger partial charge in [-0.1, -0.05) is 18.2 Å². The molecule has 0 radical (unpaired) electrons. The van der Waals surface area contributed by atoms with Crippen LogP contribution in [0.4, 0.5) is 26.2 Å². The number of rotatable bonds is 3. The van der Waals surface area contributed by atoms with Gasteiger partial charge in [-0.15, -0.1) is 0 Å². The van der Waals surface area contributed by atoms with Crippen LogP contribution in [-0.4, -0.2) is 42.0 Å². The van der Waals surface area contributed by atoms with E-state index in [1.807, 2.05) is 4.90 Å². The van der Waals surface area contributed by atoms with Gasteiger partial charge in [0.2, 0.25) is 0 Å². The molecule has 25 heavy (non-hydrogen) atoms. The highest BCUT2D eigenvalue weighted by atomic mass is 19.1. The number of benzene rings is 2. The standard InChI is InChI=1S/C17H17FN4O3/c18-15-6-1-2-7-16(15)20-8-10-21(11-9-20)17(23)19-13-4-3-5-14(12-13)22(24)25/h1-7,12H,8-11H2,(H,19,23). The van der Waals surface area contributed by atoms with Crippen LogP contribution in [0.5, 0.6) is 0 Å². The van der Waals surface area contributed by atoms with E-state index in [0.717, 1.165) is 0 Å². The molecule has 0 aromatic heterocycles. The number of anilines is 2. The fourth-order valence-corrected chi connectivity index (χ4v) is 2.76. The molecule has 0 atom stereocenters. The first-order valence-corrected chi connectivity index (χ1v) is 7.84. The third-order valence-corrected chi connectivity index (χ3v) is 4.07. The molecule has 1 N–H and O–H groups in total. The van der Waals surface area contributed by atoms with Crippen molar-refractivity contribution in [2.75, 3.05) is 36.4 Å². The Balaban J connectivity index is 1.59. The van der Waals surface area contributed by atoms with Crippen LogP contribution < -0.4 is 10.2 Å². The number of nitro benzene ring substituents is 1. The molecule has 130 valence electrons. The third kappa shape index (κ3) is 3.85. The van der Waals surface area contributed by atoms with E-state index in [0.29, 0.717) is 37.6 Å². The first kappa shape index (κ1) is 16.7. The van der Waals surface area contributed by atoms with E-state index in [1.165, 1.54) is 24.3 Å². The second kappa shape index (κ2) is 7.16. The van der Waals surface area contributed by atoms with Gasteiger partial charge in [0.1, 0.15) is 5.82 Å². The van der Waals surface area contributed by atoms with E-state index in [4.69, 9.17) is 0 Å². The number of halogens is 1. The summed E-state index contributed by atoms with van der Waals surface area (Å²) in [6.45, 7) is 1.91. The predicted octanol–water partition coefficient (Wildman–Crippen LogP) is 3.09. The summed E-state index contributed by atoms with van der Waals surface area (Å²) in [5.41, 5.74) is 0.819. The summed E-state index contributed by atoms with van der Waals surface area (Å²) in [4.78, 5) is 26.1. The Morgan fingerprint density at radius 1 is 1.08 bits per heavy atom. The number of nitro groups is 1. The second-order valence-corrected chi connectivity index (χ2v) is 5.66. The molecule has 0 unspecified atom stereocenters. The molecule has 7 nitrogen and oxygen atoms in total. The Morgan fingerprint density at radius 2 is 1.80 bits per heavy atom. The van der Waals surface area contributed by atoms with Crippen LogP contribution >= 0.6 is 0 Å². The molecule has 1 aliphatic rings. The number of amides is 2. The van der Waals surface area contributed by atoms with Crippen LogP contribution in [0.3, 0.4) is 0 Å². The number of para-hydroxylation sites is 1. The molecule has 1 saturated heterocycles. The molecule has 0 aliphatic carbocycles. The molecular weight excluding hydrogens is 327 g/mol. The number of carbonyl (C=O) groups excluding carboxylic acids is 1. The first-order valence-electron chi connectivity index (χ1n) is 7.84. The predicted molar refractivity (Wildman–Crippen MR) is 92.3 cm³/mol. The summed E-state index contributed by atoms with van der Waals surface area (Å²) in [7, 11) is 0. The molecule has 2 aromatic carbocycles. The molecule has 1 heterocycles. The van der Waals surface area contributed by atoms with Gasteiger partial charge in [0.15, 0.2) is 0 Å². The molecule has 0 bridgehead atoms. The van der Waals surface area contributed by atoms with Crippen LogP contribution in [-0.2, 0) is 0 Å². The van der Waals surface area contributed by atoms with Crippen molar-refractivity contribution < 1.29 is 14.1 Å². The second-order valence-electron chi connectivity index (χ2n) is 5.66. The molecule has 0 spiro atoms. The highest BCUT2D eigenvalue weighted by molar-refractivity contribution is 5.89. The van der Waals surface area contributed by atoms with E-state index in [1.54, 1.807) is 29.2 Å². The van der Waals surface area contributed by atoms with Crippen LogP contribution in [0.1, 0.15) is 0 Å². The molecule has 1 aliphatic heterocycles. The molecule has 0 saturated carbocycles. The minimum Gasteiger partial charge on any atom is -0.366 e. The van der Waals surface area contributed by atoms with Gasteiger partial charge in [-0.3, -0.25) is 10.1 Å². The number of carbonyl (C=O) groups is 1. The highest BCUT2D eigenvalue weighted by Crippen LogP contribution is 2.21. The monoisotopic (exact) mass is 344 g/mol. The summed E-state index contributed by atoms with van der Waals surface area (Å²) < 4.78 is 13.8. The van der Waals surface area contributed by atoms with Crippen molar-refractivity contribution in [2.24, 2.45) is 0 Å². The maximum absolute atomic E-state index is 13.8. The molecular formula is C17H17FN4O3. The summed E-state index contributed by atoms with van der Waals surface area (Å²) in [6.07, 6.45) is 0. The van der Waals surface area contributed by atoms with Gasteiger partial charge in [0, 0.05) is 44.0 Å². The van der Waals surface area contributed by atoms with Crippen molar-refractivity contribution in [1.82, 2.24) is 4.90 Å². The maximum atomic E-state index is 13.8. The van der Waals surface area contributed by atoms with Crippen molar-refractivity contribution >= 4 is 23.1 Å². The zero-order chi connectivity index (χ0) is 17.8. The Bertz CT molecular complexity index is 791. The lowest BCUT2D eigenvalue weighted by atomic mass is 10.2. The highest BCUT2D eigenvalue weighted by Gasteiger charge is 2.23. The molecule has 3 rings (SSSR count). The number of piperazine rings is 1. The van der Waals surface area contributed by atoms with Gasteiger partial charge in [-0.2, -0.15) is 0 Å². The fraction of sp³-hybridized carbons (Fsp3) is 0.235. The summed E-state index contributed by atoms with van der Waals surface area (Å²) >= 11 is 0. The fourth-order valence-electron chi connectivity index (χ4n) is 2.76. The minimum atomic E-state index is -0.511. The lowest BCUT2D eigenvalue weighted by molar-refractivity contribution is -0.384. The molecule has 1 fully saturated rings. The lowest BCUT2D eigenvalue weighted by Crippen LogP contribution is -2.50. The molecule has 2 aromatic rings. The van der Waals surface area contributed by atoms with Gasteiger partial charge in [0.05, 0.1) is 10.6 Å². The van der Waals surface area contributed by atoms with Gasteiger partial charge < -0.3 is 15.1 Å². The minimum absolute atomic E-state index is 0.0813. The maximum Gasteiger partial charge on any atom is 0.321 e. The number of hydrogen-bond donors (Lipinski definition) is 1. The third-order valence-electron chi connectivity index (χ3n) is 4.07. The average Bonchev–Trinajstić information content (AvgIpc) is 2.62. The van der Waals surface area contributed by atoms with Crippen molar-refractivity contribution in [2.45, 2.75) is 0 Å². The van der Waals surface area contributed by atoms with Crippen molar-refractivity contribution in [3.05, 3.63) is 64.5 Å². The van der Waals surface area contributed by atoms with Crippen LogP contribution in [0.15, 0.2) is 48.5 Å².